The van der Waals surface area contributed by atoms with E-state index in [0.29, 0.717) is 0 Å². The molecule has 27 heavy (non-hydrogen) atoms. The molecule has 0 fully saturated rings. The molecule has 0 saturated carbocycles. The number of nitrogens with two attached hydrogens (primary N) is 4. The number of unbranched alkanes of at least 4 members (excludes halogenated alkanes) is 4. The zero-order valence-electron chi connectivity index (χ0n) is 16.3. The number of ether oxygens (including phenoxy) is 1. The van der Waals surface area contributed by atoms with Gasteiger partial charge in [-0.25, -0.2) is 0 Å². The maximum Gasteiger partial charge on any atom is 0.0466 e. The number of nitrogen functional groups attached to an aromatic ring is 4. The monoisotopic (exact) mass is 370 g/mol. The van der Waals surface area contributed by atoms with Crippen LogP contribution in [0.25, 0.3) is 0 Å². The summed E-state index contributed by atoms with van der Waals surface area (Å²) >= 11 is 0. The molecule has 0 bridgehead atoms. The summed E-state index contributed by atoms with van der Waals surface area (Å²) < 4.78 is 5.73. The quantitative estimate of drug-likeness (QED) is 0.331. The van der Waals surface area contributed by atoms with Gasteiger partial charge in [0.2, 0.25) is 0 Å². The fourth-order valence-corrected chi connectivity index (χ4v) is 3.18. The molecule has 0 aliphatic carbocycles. The zero-order chi connectivity index (χ0) is 19.5. The Morgan fingerprint density at radius 2 is 1.00 bits per heavy atom. The zero-order valence-corrected chi connectivity index (χ0v) is 16.3. The average Bonchev–Trinajstić information content (AvgIpc) is 2.62. The second kappa shape index (κ2) is 11.3. The van der Waals surface area contributed by atoms with E-state index in [4.69, 9.17) is 27.7 Å². The second-order valence-corrected chi connectivity index (χ2v) is 7.15. The highest BCUT2D eigenvalue weighted by atomic mass is 16.5. The predicted octanol–water partition coefficient (Wildman–Crippen LogP) is 4.16. The SMILES string of the molecule is Nc1ccc(CCCCCOCCCCCc2ccc(N)cc2N)c(N)c1. The Bertz CT molecular complexity index is 643. The van der Waals surface area contributed by atoms with Crippen molar-refractivity contribution in [3.8, 4) is 0 Å². The number of aryl methyl sites for hydroxylation is 2. The third kappa shape index (κ3) is 7.79. The first-order valence-corrected chi connectivity index (χ1v) is 9.92. The predicted molar refractivity (Wildman–Crippen MR) is 116 cm³/mol. The van der Waals surface area contributed by atoms with E-state index in [-0.39, 0.29) is 0 Å². The summed E-state index contributed by atoms with van der Waals surface area (Å²) in [5.74, 6) is 0. The van der Waals surface area contributed by atoms with Gasteiger partial charge in [0.1, 0.15) is 0 Å². The van der Waals surface area contributed by atoms with E-state index in [9.17, 15) is 0 Å². The molecule has 8 N–H and O–H groups in total. The fraction of sp³-hybridized carbons (Fsp3) is 0.455. The Hall–Kier alpha value is -2.40. The van der Waals surface area contributed by atoms with Gasteiger partial charge in [-0.05, 0) is 73.9 Å². The maximum atomic E-state index is 5.98. The van der Waals surface area contributed by atoms with Crippen molar-refractivity contribution < 1.29 is 4.74 Å². The standard InChI is InChI=1S/C22H34N4O/c23-19-11-9-17(21(25)15-19)7-3-1-5-13-27-14-6-2-4-8-18-10-12-20(24)16-22(18)26/h9-12,15-16H,1-8,13-14,23-26H2. The van der Waals surface area contributed by atoms with Crippen LogP contribution in [0, 0.1) is 0 Å². The molecule has 0 unspecified atom stereocenters. The Morgan fingerprint density at radius 1 is 0.556 bits per heavy atom. The number of hydrogen-bond acceptors (Lipinski definition) is 5. The molecule has 0 atom stereocenters. The van der Waals surface area contributed by atoms with Crippen molar-refractivity contribution in [1.29, 1.82) is 0 Å². The summed E-state index contributed by atoms with van der Waals surface area (Å²) in [6.45, 7) is 1.67. The molecule has 5 heteroatoms. The van der Waals surface area contributed by atoms with Crippen molar-refractivity contribution in [2.75, 3.05) is 36.1 Å². The van der Waals surface area contributed by atoms with Crippen molar-refractivity contribution >= 4 is 22.7 Å². The minimum Gasteiger partial charge on any atom is -0.399 e. The average molecular weight is 371 g/mol. The largest absolute Gasteiger partial charge is 0.399 e. The molecule has 0 heterocycles. The normalized spacial score (nSPS) is 11.0. The van der Waals surface area contributed by atoms with Gasteiger partial charge in [-0.3, -0.25) is 0 Å². The molecule has 0 radical (unpaired) electrons. The van der Waals surface area contributed by atoms with Gasteiger partial charge in [0.15, 0.2) is 0 Å². The van der Waals surface area contributed by atoms with Crippen LogP contribution in [-0.2, 0) is 17.6 Å². The molecule has 0 amide bonds. The summed E-state index contributed by atoms with van der Waals surface area (Å²) in [5.41, 5.74) is 28.8. The lowest BCUT2D eigenvalue weighted by molar-refractivity contribution is 0.126. The molecule has 0 aliphatic rings. The number of benzene rings is 2. The van der Waals surface area contributed by atoms with Gasteiger partial charge in [0.25, 0.3) is 0 Å². The maximum absolute atomic E-state index is 5.98. The summed E-state index contributed by atoms with van der Waals surface area (Å²) in [4.78, 5) is 0. The molecule has 5 nitrogen and oxygen atoms in total. The highest BCUT2D eigenvalue weighted by molar-refractivity contribution is 5.57. The smallest absolute Gasteiger partial charge is 0.0466 e. The van der Waals surface area contributed by atoms with E-state index < -0.39 is 0 Å². The minimum atomic E-state index is 0.724. The van der Waals surface area contributed by atoms with Crippen LogP contribution in [0.2, 0.25) is 0 Å². The molecule has 0 aliphatic heterocycles. The molecule has 2 aromatic rings. The first-order valence-electron chi connectivity index (χ1n) is 9.92. The van der Waals surface area contributed by atoms with Gasteiger partial charge < -0.3 is 27.7 Å². The van der Waals surface area contributed by atoms with Crippen LogP contribution in [-0.4, -0.2) is 13.2 Å². The molecule has 0 aromatic heterocycles. The summed E-state index contributed by atoms with van der Waals surface area (Å²) in [7, 11) is 0. The van der Waals surface area contributed by atoms with E-state index in [0.717, 1.165) is 87.3 Å². The first kappa shape index (κ1) is 20.9. The molecular weight excluding hydrogens is 336 g/mol. The van der Waals surface area contributed by atoms with Gasteiger partial charge >= 0.3 is 0 Å². The van der Waals surface area contributed by atoms with Gasteiger partial charge in [-0.15, -0.1) is 0 Å². The van der Waals surface area contributed by atoms with Crippen molar-refractivity contribution in [3.63, 3.8) is 0 Å². The molecular formula is C22H34N4O. The fourth-order valence-electron chi connectivity index (χ4n) is 3.18. The van der Waals surface area contributed by atoms with E-state index >= 15 is 0 Å². The highest BCUT2D eigenvalue weighted by Crippen LogP contribution is 2.19. The van der Waals surface area contributed by atoms with E-state index in [1.54, 1.807) is 0 Å². The van der Waals surface area contributed by atoms with Crippen molar-refractivity contribution in [2.24, 2.45) is 0 Å². The Labute approximate surface area is 163 Å². The lowest BCUT2D eigenvalue weighted by Crippen LogP contribution is -2.00. The highest BCUT2D eigenvalue weighted by Gasteiger charge is 2.01. The van der Waals surface area contributed by atoms with Crippen LogP contribution < -0.4 is 22.9 Å². The van der Waals surface area contributed by atoms with Crippen LogP contribution >= 0.6 is 0 Å². The number of anilines is 4. The van der Waals surface area contributed by atoms with Crippen LogP contribution in [0.3, 0.4) is 0 Å². The topological polar surface area (TPSA) is 113 Å². The molecule has 2 rings (SSSR count). The van der Waals surface area contributed by atoms with Crippen molar-refractivity contribution in [2.45, 2.75) is 51.4 Å². The third-order valence-corrected chi connectivity index (χ3v) is 4.81. The van der Waals surface area contributed by atoms with Crippen LogP contribution in [0.15, 0.2) is 36.4 Å². The first-order chi connectivity index (χ1) is 13.1. The Kier molecular flexibility index (Phi) is 8.78. The number of hydrogen-bond donors (Lipinski definition) is 4. The Morgan fingerprint density at radius 3 is 1.41 bits per heavy atom. The van der Waals surface area contributed by atoms with Gasteiger partial charge in [0.05, 0.1) is 0 Å². The van der Waals surface area contributed by atoms with Crippen molar-refractivity contribution in [3.05, 3.63) is 47.5 Å². The molecule has 0 spiro atoms. The number of rotatable bonds is 12. The van der Waals surface area contributed by atoms with E-state index in [2.05, 4.69) is 0 Å². The van der Waals surface area contributed by atoms with E-state index in [1.165, 1.54) is 11.1 Å². The summed E-state index contributed by atoms with van der Waals surface area (Å²) in [6.07, 6.45) is 8.75. The molecule has 148 valence electrons. The van der Waals surface area contributed by atoms with Gasteiger partial charge in [0, 0.05) is 36.0 Å². The van der Waals surface area contributed by atoms with Gasteiger partial charge in [-0.1, -0.05) is 25.0 Å². The lowest BCUT2D eigenvalue weighted by Gasteiger charge is -2.08. The molecule has 2 aromatic carbocycles. The van der Waals surface area contributed by atoms with E-state index in [1.807, 2.05) is 36.4 Å². The van der Waals surface area contributed by atoms with Crippen LogP contribution in [0.5, 0.6) is 0 Å². The summed E-state index contributed by atoms with van der Waals surface area (Å²) in [6, 6.07) is 11.5. The van der Waals surface area contributed by atoms with Gasteiger partial charge in [-0.2, -0.15) is 0 Å². The van der Waals surface area contributed by atoms with Crippen LogP contribution in [0.4, 0.5) is 22.7 Å². The minimum absolute atomic E-state index is 0.724. The Balaban J connectivity index is 1.43. The lowest BCUT2D eigenvalue weighted by atomic mass is 10.0. The molecule has 0 saturated heterocycles. The van der Waals surface area contributed by atoms with Crippen molar-refractivity contribution in [1.82, 2.24) is 0 Å². The second-order valence-electron chi connectivity index (χ2n) is 7.15. The third-order valence-electron chi connectivity index (χ3n) is 4.81. The van der Waals surface area contributed by atoms with Crippen LogP contribution in [0.1, 0.15) is 49.7 Å². The summed E-state index contributed by atoms with van der Waals surface area (Å²) in [5, 5.41) is 0.